The summed E-state index contributed by atoms with van der Waals surface area (Å²) in [6.07, 6.45) is -3.68. The Balaban J connectivity index is 1.37. The van der Waals surface area contributed by atoms with Crippen LogP contribution in [-0.2, 0) is 4.74 Å². The third-order valence-corrected chi connectivity index (χ3v) is 6.22. The van der Waals surface area contributed by atoms with E-state index in [1.807, 2.05) is 48.5 Å². The third-order valence-electron chi connectivity index (χ3n) is 5.73. The summed E-state index contributed by atoms with van der Waals surface area (Å²) in [5, 5.41) is 32.5. The van der Waals surface area contributed by atoms with Gasteiger partial charge in [-0.15, -0.1) is 0 Å². The molecule has 0 fully saturated rings. The molecule has 4 rings (SSSR count). The minimum absolute atomic E-state index is 0.0405. The van der Waals surface area contributed by atoms with Gasteiger partial charge in [0.2, 0.25) is 0 Å². The van der Waals surface area contributed by atoms with Gasteiger partial charge in [-0.25, -0.2) is 9.59 Å². The fourth-order valence-corrected chi connectivity index (χ4v) is 4.51. The van der Waals surface area contributed by atoms with E-state index in [2.05, 4.69) is 21.2 Å². The van der Waals surface area contributed by atoms with Gasteiger partial charge in [-0.2, -0.15) is 0 Å². The van der Waals surface area contributed by atoms with Crippen molar-refractivity contribution in [2.75, 3.05) is 13.2 Å². The van der Waals surface area contributed by atoms with Crippen LogP contribution in [0.5, 0.6) is 0 Å². The predicted molar refractivity (Wildman–Crippen MR) is 125 cm³/mol. The zero-order valence-corrected chi connectivity index (χ0v) is 19.0. The molecule has 3 aromatic carbocycles. The summed E-state index contributed by atoms with van der Waals surface area (Å²) in [6, 6.07) is 20.2. The number of aliphatic hydroxyl groups is 2. The maximum absolute atomic E-state index is 12.3. The van der Waals surface area contributed by atoms with Crippen LogP contribution < -0.4 is 5.32 Å². The van der Waals surface area contributed by atoms with Crippen molar-refractivity contribution in [3.8, 4) is 11.1 Å². The number of carboxylic acids is 1. The number of carboxylic acid groups (broad SMARTS) is 1. The molecule has 1 amide bonds. The van der Waals surface area contributed by atoms with E-state index in [9.17, 15) is 24.9 Å². The van der Waals surface area contributed by atoms with Gasteiger partial charge in [0.25, 0.3) is 0 Å². The average molecular weight is 512 g/mol. The molecule has 1 aliphatic rings. The Bertz CT molecular complexity index is 1150. The van der Waals surface area contributed by atoms with Crippen molar-refractivity contribution < 1.29 is 29.6 Å². The zero-order valence-electron chi connectivity index (χ0n) is 17.4. The number of nitrogens with one attached hydrogen (secondary N) is 1. The number of amides is 1. The molecule has 0 saturated carbocycles. The van der Waals surface area contributed by atoms with Crippen molar-refractivity contribution in [1.82, 2.24) is 5.32 Å². The van der Waals surface area contributed by atoms with E-state index < -0.39 is 24.3 Å². The topological polar surface area (TPSA) is 116 Å². The van der Waals surface area contributed by atoms with Crippen molar-refractivity contribution in [2.24, 2.45) is 0 Å². The third kappa shape index (κ3) is 4.78. The Kier molecular flexibility index (Phi) is 6.78. The number of aromatic carboxylic acids is 1. The predicted octanol–water partition coefficient (Wildman–Crippen LogP) is 4.08. The van der Waals surface area contributed by atoms with E-state index in [-0.39, 0.29) is 30.2 Å². The number of aliphatic hydroxyl groups excluding tert-OH is 2. The van der Waals surface area contributed by atoms with Crippen molar-refractivity contribution >= 4 is 28.0 Å². The van der Waals surface area contributed by atoms with Gasteiger partial charge in [0, 0.05) is 16.9 Å². The molecule has 33 heavy (non-hydrogen) atoms. The number of carbonyl (C=O) groups excluding carboxylic acids is 1. The van der Waals surface area contributed by atoms with Crippen LogP contribution in [0.1, 0.15) is 39.1 Å². The molecule has 2 atom stereocenters. The first-order chi connectivity index (χ1) is 15.9. The van der Waals surface area contributed by atoms with Crippen LogP contribution in [0.4, 0.5) is 4.79 Å². The highest BCUT2D eigenvalue weighted by atomic mass is 79.9. The smallest absolute Gasteiger partial charge is 0.407 e. The zero-order chi connectivity index (χ0) is 23.5. The number of alkyl carbamates (subject to hydrolysis) is 1. The number of ether oxygens (including phenoxy) is 1. The Labute approximate surface area is 198 Å². The summed E-state index contributed by atoms with van der Waals surface area (Å²) in [6.45, 7) is -0.198. The first-order valence-electron chi connectivity index (χ1n) is 10.3. The van der Waals surface area contributed by atoms with Gasteiger partial charge in [-0.3, -0.25) is 0 Å². The molecule has 3 aromatic rings. The maximum Gasteiger partial charge on any atom is 0.407 e. The lowest BCUT2D eigenvalue weighted by molar-refractivity contribution is 0.0175. The number of benzene rings is 3. The van der Waals surface area contributed by atoms with Crippen molar-refractivity contribution in [3.05, 3.63) is 93.5 Å². The SMILES string of the molecule is O=C(NCC(O)C(O)c1cc(Br)ccc1C(=O)O)OCC1c2ccccc2-c2ccccc21. The maximum atomic E-state index is 12.3. The van der Waals surface area contributed by atoms with E-state index >= 15 is 0 Å². The molecule has 0 saturated heterocycles. The van der Waals surface area contributed by atoms with E-state index in [0.717, 1.165) is 22.3 Å². The van der Waals surface area contributed by atoms with Gasteiger partial charge in [-0.1, -0.05) is 64.5 Å². The molecule has 8 heteroatoms. The molecule has 2 unspecified atom stereocenters. The molecule has 1 aliphatic carbocycles. The lowest BCUT2D eigenvalue weighted by Gasteiger charge is -2.21. The molecule has 0 aliphatic heterocycles. The Morgan fingerprint density at radius 2 is 1.58 bits per heavy atom. The number of hydrogen-bond acceptors (Lipinski definition) is 5. The molecule has 0 aromatic heterocycles. The standard InChI is InChI=1S/C25H22BrNO6/c26-14-9-10-19(24(30)31)20(11-14)23(29)22(28)12-27-25(32)33-13-21-17-7-3-1-5-15(17)16-6-2-4-8-18(16)21/h1-11,21-23,28-29H,12-13H2,(H,27,32)(H,30,31). The number of carbonyl (C=O) groups is 2. The molecule has 4 N–H and O–H groups in total. The molecule has 0 spiro atoms. The summed E-state index contributed by atoms with van der Waals surface area (Å²) in [4.78, 5) is 23.7. The van der Waals surface area contributed by atoms with Crippen LogP contribution in [0.2, 0.25) is 0 Å². The average Bonchev–Trinajstić information content (AvgIpc) is 3.14. The Morgan fingerprint density at radius 3 is 2.18 bits per heavy atom. The molecule has 7 nitrogen and oxygen atoms in total. The number of rotatable bonds is 7. The number of fused-ring (bicyclic) bond motifs is 3. The van der Waals surface area contributed by atoms with Crippen LogP contribution in [0, 0.1) is 0 Å². The quantitative estimate of drug-likeness (QED) is 0.379. The van der Waals surface area contributed by atoms with Crippen molar-refractivity contribution in [2.45, 2.75) is 18.1 Å². The number of halogens is 1. The van der Waals surface area contributed by atoms with Crippen LogP contribution in [0.3, 0.4) is 0 Å². The van der Waals surface area contributed by atoms with Crippen LogP contribution >= 0.6 is 15.9 Å². The highest BCUT2D eigenvalue weighted by Gasteiger charge is 2.29. The molecule has 0 bridgehead atoms. The van der Waals surface area contributed by atoms with Gasteiger partial charge in [0.15, 0.2) is 0 Å². The molecular formula is C25H22BrNO6. The van der Waals surface area contributed by atoms with Crippen LogP contribution in [0.15, 0.2) is 71.2 Å². The minimum atomic E-state index is -1.51. The largest absolute Gasteiger partial charge is 0.478 e. The second-order valence-electron chi connectivity index (χ2n) is 7.76. The molecule has 170 valence electrons. The van der Waals surface area contributed by atoms with Gasteiger partial charge in [0.05, 0.1) is 5.56 Å². The van der Waals surface area contributed by atoms with E-state index in [1.54, 1.807) is 0 Å². The van der Waals surface area contributed by atoms with Gasteiger partial charge in [0.1, 0.15) is 18.8 Å². The van der Waals surface area contributed by atoms with Crippen molar-refractivity contribution in [3.63, 3.8) is 0 Å². The Hall–Kier alpha value is -3.20. The normalized spacial score (nSPS) is 14.2. The molecule has 0 heterocycles. The second kappa shape index (κ2) is 9.74. The van der Waals surface area contributed by atoms with E-state index in [4.69, 9.17) is 4.74 Å². The number of hydrogen-bond donors (Lipinski definition) is 4. The van der Waals surface area contributed by atoms with Gasteiger partial charge in [-0.05, 0) is 46.0 Å². The highest BCUT2D eigenvalue weighted by Crippen LogP contribution is 2.44. The van der Waals surface area contributed by atoms with Gasteiger partial charge >= 0.3 is 12.1 Å². The lowest BCUT2D eigenvalue weighted by Crippen LogP contribution is -2.36. The summed E-state index contributed by atoms with van der Waals surface area (Å²) < 4.78 is 5.97. The first kappa shape index (κ1) is 23.0. The second-order valence-corrected chi connectivity index (χ2v) is 8.67. The van der Waals surface area contributed by atoms with E-state index in [0.29, 0.717) is 4.47 Å². The summed E-state index contributed by atoms with van der Waals surface area (Å²) in [5.41, 5.74) is 4.30. The highest BCUT2D eigenvalue weighted by molar-refractivity contribution is 9.10. The van der Waals surface area contributed by atoms with E-state index in [1.165, 1.54) is 18.2 Å². The van der Waals surface area contributed by atoms with Crippen molar-refractivity contribution in [1.29, 1.82) is 0 Å². The lowest BCUT2D eigenvalue weighted by atomic mass is 9.98. The summed E-state index contributed by atoms with van der Waals surface area (Å²) in [7, 11) is 0. The summed E-state index contributed by atoms with van der Waals surface area (Å²) >= 11 is 3.23. The Morgan fingerprint density at radius 1 is 0.970 bits per heavy atom. The van der Waals surface area contributed by atoms with Crippen LogP contribution in [-0.4, -0.2) is 46.6 Å². The molecule has 0 radical (unpaired) electrons. The first-order valence-corrected chi connectivity index (χ1v) is 11.1. The van der Waals surface area contributed by atoms with Crippen LogP contribution in [0.25, 0.3) is 11.1 Å². The molecular weight excluding hydrogens is 490 g/mol. The fourth-order valence-electron chi connectivity index (χ4n) is 4.13. The minimum Gasteiger partial charge on any atom is -0.478 e. The monoisotopic (exact) mass is 511 g/mol. The fraction of sp³-hybridized carbons (Fsp3) is 0.200. The van der Waals surface area contributed by atoms with Gasteiger partial charge < -0.3 is 25.4 Å². The summed E-state index contributed by atoms with van der Waals surface area (Å²) in [5.74, 6) is -1.33.